The predicted molar refractivity (Wildman–Crippen MR) is 43.3 cm³/mol. The zero-order chi connectivity index (χ0) is 10.6. The van der Waals surface area contributed by atoms with E-state index in [2.05, 4.69) is 9.73 Å². The highest BCUT2D eigenvalue weighted by atomic mass is 16.6. The topological polar surface area (TPSA) is 109 Å². The third-order valence-corrected chi connectivity index (χ3v) is 1.32. The molecule has 0 aliphatic rings. The van der Waals surface area contributed by atoms with Gasteiger partial charge in [-0.1, -0.05) is 0 Å². The molecule has 0 radical (unpaired) electrons. The molecule has 1 rings (SSSR count). The average molecular weight is 195 g/mol. The molecule has 1 heterocycles. The van der Waals surface area contributed by atoms with E-state index in [1.807, 2.05) is 0 Å². The van der Waals surface area contributed by atoms with Crippen LogP contribution in [0.5, 0.6) is 0 Å². The summed E-state index contributed by atoms with van der Waals surface area (Å²) in [7, 11) is 0. The molecule has 0 aromatic carbocycles. The summed E-state index contributed by atoms with van der Waals surface area (Å²) in [4.78, 5) is 20.5. The minimum absolute atomic E-state index is 0.173. The summed E-state index contributed by atoms with van der Waals surface area (Å²) in [6.07, 6.45) is 0. The first-order valence-electron chi connectivity index (χ1n) is 3.54. The molecule has 72 valence electrons. The number of carbonyl (C=O) groups excluding carboxylic acids is 1. The second-order valence-electron chi connectivity index (χ2n) is 2.24. The van der Waals surface area contributed by atoms with E-state index in [4.69, 9.17) is 5.26 Å². The summed E-state index contributed by atoms with van der Waals surface area (Å²) >= 11 is 0. The number of carbonyl (C=O) groups is 1. The molecule has 0 bridgehead atoms. The quantitative estimate of drug-likeness (QED) is 0.427. The molecule has 0 atom stereocenters. The standard InChI is InChI=1S/C7H5N3O4/c8-3-4-9-7(11)5-1-2-6(14-5)10(12)13/h1-2H,4H2,(H,9,11). The minimum atomic E-state index is -0.749. The monoisotopic (exact) mass is 195 g/mol. The van der Waals surface area contributed by atoms with Crippen LogP contribution in [-0.4, -0.2) is 17.4 Å². The average Bonchev–Trinajstić information content (AvgIpc) is 2.62. The summed E-state index contributed by atoms with van der Waals surface area (Å²) in [6.45, 7) is -0.173. The Morgan fingerprint density at radius 3 is 2.93 bits per heavy atom. The largest absolute Gasteiger partial charge is 0.433 e. The van der Waals surface area contributed by atoms with Crippen LogP contribution in [0.15, 0.2) is 16.5 Å². The molecule has 0 spiro atoms. The van der Waals surface area contributed by atoms with Gasteiger partial charge in [0, 0.05) is 0 Å². The van der Waals surface area contributed by atoms with Crippen molar-refractivity contribution in [3.63, 3.8) is 0 Å². The zero-order valence-electron chi connectivity index (χ0n) is 6.89. The molecular weight excluding hydrogens is 190 g/mol. The maximum Gasteiger partial charge on any atom is 0.433 e. The number of furan rings is 1. The summed E-state index contributed by atoms with van der Waals surface area (Å²) in [5.41, 5.74) is 0. The smallest absolute Gasteiger partial charge is 0.395 e. The zero-order valence-corrected chi connectivity index (χ0v) is 6.89. The maximum absolute atomic E-state index is 11.1. The number of nitrogens with one attached hydrogen (secondary N) is 1. The van der Waals surface area contributed by atoms with E-state index in [1.165, 1.54) is 6.07 Å². The number of rotatable bonds is 3. The molecule has 1 aromatic rings. The number of hydrogen-bond acceptors (Lipinski definition) is 5. The van der Waals surface area contributed by atoms with E-state index in [-0.39, 0.29) is 12.3 Å². The number of nitriles is 1. The van der Waals surface area contributed by atoms with Crippen molar-refractivity contribution in [2.24, 2.45) is 0 Å². The Morgan fingerprint density at radius 2 is 2.43 bits per heavy atom. The maximum atomic E-state index is 11.1. The van der Waals surface area contributed by atoms with E-state index in [0.717, 1.165) is 6.07 Å². The Kier molecular flexibility index (Phi) is 2.81. The van der Waals surface area contributed by atoms with Gasteiger partial charge < -0.3 is 9.73 Å². The first-order valence-corrected chi connectivity index (χ1v) is 3.54. The van der Waals surface area contributed by atoms with Crippen molar-refractivity contribution in [2.75, 3.05) is 6.54 Å². The van der Waals surface area contributed by atoms with Gasteiger partial charge in [-0.3, -0.25) is 14.9 Å². The van der Waals surface area contributed by atoms with Gasteiger partial charge in [0.2, 0.25) is 0 Å². The van der Waals surface area contributed by atoms with E-state index >= 15 is 0 Å². The Balaban J connectivity index is 2.72. The van der Waals surface area contributed by atoms with Crippen LogP contribution in [0.3, 0.4) is 0 Å². The van der Waals surface area contributed by atoms with Crippen LogP contribution in [-0.2, 0) is 0 Å². The van der Waals surface area contributed by atoms with Crippen molar-refractivity contribution in [2.45, 2.75) is 0 Å². The molecule has 0 fully saturated rings. The van der Waals surface area contributed by atoms with Gasteiger partial charge >= 0.3 is 5.88 Å². The van der Waals surface area contributed by atoms with Crippen LogP contribution < -0.4 is 5.32 Å². The number of hydrogen-bond donors (Lipinski definition) is 1. The van der Waals surface area contributed by atoms with E-state index in [0.29, 0.717) is 0 Å². The van der Waals surface area contributed by atoms with Crippen molar-refractivity contribution in [1.29, 1.82) is 5.26 Å². The summed E-state index contributed by atoms with van der Waals surface area (Å²) in [5.74, 6) is -1.35. The highest BCUT2D eigenvalue weighted by molar-refractivity contribution is 5.91. The van der Waals surface area contributed by atoms with Gasteiger partial charge in [0.05, 0.1) is 12.1 Å². The van der Waals surface area contributed by atoms with Gasteiger partial charge in [-0.05, 0) is 6.07 Å². The normalized spacial score (nSPS) is 9.07. The molecule has 1 amide bonds. The fourth-order valence-corrected chi connectivity index (χ4v) is 0.755. The Hall–Kier alpha value is -2.36. The van der Waals surface area contributed by atoms with Gasteiger partial charge in [0.25, 0.3) is 5.91 Å². The highest BCUT2D eigenvalue weighted by Gasteiger charge is 2.16. The van der Waals surface area contributed by atoms with Gasteiger partial charge in [0.15, 0.2) is 5.76 Å². The Labute approximate surface area is 78.1 Å². The summed E-state index contributed by atoms with van der Waals surface area (Å²) in [5, 5.41) is 20.5. The lowest BCUT2D eigenvalue weighted by atomic mass is 10.4. The summed E-state index contributed by atoms with van der Waals surface area (Å²) < 4.78 is 4.58. The molecule has 0 aliphatic carbocycles. The minimum Gasteiger partial charge on any atom is -0.395 e. The van der Waals surface area contributed by atoms with Crippen molar-refractivity contribution in [3.8, 4) is 6.07 Å². The third-order valence-electron chi connectivity index (χ3n) is 1.32. The molecule has 7 nitrogen and oxygen atoms in total. The summed E-state index contributed by atoms with van der Waals surface area (Å²) in [6, 6.07) is 3.93. The molecule has 0 saturated carbocycles. The first-order chi connectivity index (χ1) is 6.65. The molecular formula is C7H5N3O4. The molecule has 1 N–H and O–H groups in total. The predicted octanol–water partition coefficient (Wildman–Crippen LogP) is 0.441. The van der Waals surface area contributed by atoms with Gasteiger partial charge in [-0.15, -0.1) is 0 Å². The van der Waals surface area contributed by atoms with Crippen molar-refractivity contribution < 1.29 is 14.1 Å². The molecule has 0 unspecified atom stereocenters. The number of amides is 1. The number of nitro groups is 1. The van der Waals surface area contributed by atoms with Gasteiger partial charge in [-0.25, -0.2) is 0 Å². The highest BCUT2D eigenvalue weighted by Crippen LogP contribution is 2.14. The van der Waals surface area contributed by atoms with Crippen LogP contribution in [0, 0.1) is 21.4 Å². The molecule has 1 aromatic heterocycles. The lowest BCUT2D eigenvalue weighted by Crippen LogP contribution is -2.22. The lowest BCUT2D eigenvalue weighted by molar-refractivity contribution is -0.402. The molecule has 14 heavy (non-hydrogen) atoms. The third kappa shape index (κ3) is 2.07. The van der Waals surface area contributed by atoms with Crippen molar-refractivity contribution in [3.05, 3.63) is 28.0 Å². The Morgan fingerprint density at radius 1 is 1.71 bits per heavy atom. The van der Waals surface area contributed by atoms with Crippen LogP contribution >= 0.6 is 0 Å². The van der Waals surface area contributed by atoms with Gasteiger partial charge in [-0.2, -0.15) is 5.26 Å². The molecule has 0 saturated heterocycles. The van der Waals surface area contributed by atoms with Crippen LogP contribution in [0.25, 0.3) is 0 Å². The van der Waals surface area contributed by atoms with E-state index < -0.39 is 16.7 Å². The van der Waals surface area contributed by atoms with Crippen LogP contribution in [0.2, 0.25) is 0 Å². The van der Waals surface area contributed by atoms with Crippen LogP contribution in [0.4, 0.5) is 5.88 Å². The van der Waals surface area contributed by atoms with E-state index in [1.54, 1.807) is 6.07 Å². The van der Waals surface area contributed by atoms with Crippen molar-refractivity contribution >= 4 is 11.8 Å². The van der Waals surface area contributed by atoms with Crippen molar-refractivity contribution in [1.82, 2.24) is 5.32 Å². The second kappa shape index (κ2) is 4.04. The fraction of sp³-hybridized carbons (Fsp3) is 0.143. The first kappa shape index (κ1) is 9.73. The second-order valence-corrected chi connectivity index (χ2v) is 2.24. The Bertz CT molecular complexity index is 403. The molecule has 7 heteroatoms. The van der Waals surface area contributed by atoms with Crippen LogP contribution in [0.1, 0.15) is 10.6 Å². The fourth-order valence-electron chi connectivity index (χ4n) is 0.755. The lowest BCUT2D eigenvalue weighted by Gasteiger charge is -1.93. The SMILES string of the molecule is N#CCNC(=O)c1ccc([N+](=O)[O-])o1. The number of nitrogens with zero attached hydrogens (tertiary/aromatic N) is 2. The molecule has 0 aliphatic heterocycles. The van der Waals surface area contributed by atoms with Gasteiger partial charge in [0.1, 0.15) is 11.5 Å². The van der Waals surface area contributed by atoms with E-state index in [9.17, 15) is 14.9 Å².